The van der Waals surface area contributed by atoms with Crippen LogP contribution in [0.5, 0.6) is 17.2 Å². The standard InChI is InChI=1S/C20H26N2O4/c1-13(2)16-8-6-7-9-18(16)26-14(3)21-20(23)22-17-12-15(24-4)10-11-19(17)25-5/h6-14H,1-5H3,(H2,21,22,23). The van der Waals surface area contributed by atoms with Crippen molar-refractivity contribution < 1.29 is 19.0 Å². The van der Waals surface area contributed by atoms with Crippen LogP contribution in [0.3, 0.4) is 0 Å². The summed E-state index contributed by atoms with van der Waals surface area (Å²) < 4.78 is 16.3. The summed E-state index contributed by atoms with van der Waals surface area (Å²) in [6.45, 7) is 5.98. The summed E-state index contributed by atoms with van der Waals surface area (Å²) in [5.74, 6) is 2.25. The highest BCUT2D eigenvalue weighted by Crippen LogP contribution is 2.29. The fourth-order valence-corrected chi connectivity index (χ4v) is 2.54. The first-order valence-corrected chi connectivity index (χ1v) is 8.49. The molecule has 26 heavy (non-hydrogen) atoms. The minimum absolute atomic E-state index is 0.327. The lowest BCUT2D eigenvalue weighted by molar-refractivity contribution is 0.181. The molecule has 0 aliphatic rings. The number of rotatable bonds is 7. The van der Waals surface area contributed by atoms with E-state index in [1.807, 2.05) is 24.3 Å². The molecule has 2 amide bonds. The van der Waals surface area contributed by atoms with Crippen LogP contribution in [0.1, 0.15) is 32.3 Å². The number of carbonyl (C=O) groups excluding carboxylic acids is 1. The number of hydrogen-bond acceptors (Lipinski definition) is 4. The average molecular weight is 358 g/mol. The number of para-hydroxylation sites is 1. The second-order valence-corrected chi connectivity index (χ2v) is 6.12. The molecule has 1 atom stereocenters. The van der Waals surface area contributed by atoms with Crippen molar-refractivity contribution in [1.82, 2.24) is 5.32 Å². The lowest BCUT2D eigenvalue weighted by Gasteiger charge is -2.20. The van der Waals surface area contributed by atoms with E-state index in [-0.39, 0.29) is 0 Å². The molecule has 0 bridgehead atoms. The van der Waals surface area contributed by atoms with Gasteiger partial charge < -0.3 is 24.8 Å². The Morgan fingerprint density at radius 2 is 1.69 bits per heavy atom. The lowest BCUT2D eigenvalue weighted by Crippen LogP contribution is -2.39. The summed E-state index contributed by atoms with van der Waals surface area (Å²) in [6.07, 6.45) is -0.508. The Hall–Kier alpha value is -2.89. The van der Waals surface area contributed by atoms with Crippen molar-refractivity contribution in [2.75, 3.05) is 19.5 Å². The number of urea groups is 1. The van der Waals surface area contributed by atoms with E-state index in [9.17, 15) is 4.79 Å². The number of nitrogens with one attached hydrogen (secondary N) is 2. The summed E-state index contributed by atoms with van der Waals surface area (Å²) >= 11 is 0. The Morgan fingerprint density at radius 1 is 0.962 bits per heavy atom. The van der Waals surface area contributed by atoms with Crippen LogP contribution in [-0.4, -0.2) is 26.5 Å². The predicted octanol–water partition coefficient (Wildman–Crippen LogP) is 4.37. The second-order valence-electron chi connectivity index (χ2n) is 6.12. The number of amides is 2. The average Bonchev–Trinajstić information content (AvgIpc) is 2.61. The molecule has 2 aromatic rings. The topological polar surface area (TPSA) is 68.8 Å². The number of anilines is 1. The van der Waals surface area contributed by atoms with Crippen LogP contribution in [0, 0.1) is 0 Å². The summed E-state index contributed by atoms with van der Waals surface area (Å²) in [4.78, 5) is 12.3. The van der Waals surface area contributed by atoms with Gasteiger partial charge in [-0.1, -0.05) is 32.0 Å². The van der Waals surface area contributed by atoms with Crippen molar-refractivity contribution in [3.05, 3.63) is 48.0 Å². The van der Waals surface area contributed by atoms with Gasteiger partial charge in [0.2, 0.25) is 0 Å². The molecule has 0 saturated carbocycles. The van der Waals surface area contributed by atoms with Crippen molar-refractivity contribution in [2.45, 2.75) is 32.9 Å². The molecular weight excluding hydrogens is 332 g/mol. The van der Waals surface area contributed by atoms with E-state index in [0.29, 0.717) is 23.1 Å². The Bertz CT molecular complexity index is 746. The minimum Gasteiger partial charge on any atom is -0.497 e. The van der Waals surface area contributed by atoms with Gasteiger partial charge in [0.15, 0.2) is 6.23 Å². The molecule has 0 aliphatic carbocycles. The van der Waals surface area contributed by atoms with Gasteiger partial charge in [0.25, 0.3) is 0 Å². The molecule has 0 aromatic heterocycles. The fraction of sp³-hybridized carbons (Fsp3) is 0.350. The van der Waals surface area contributed by atoms with Gasteiger partial charge in [-0.3, -0.25) is 0 Å². The number of ether oxygens (including phenoxy) is 3. The zero-order chi connectivity index (χ0) is 19.1. The van der Waals surface area contributed by atoms with E-state index in [2.05, 4.69) is 24.5 Å². The van der Waals surface area contributed by atoms with Gasteiger partial charge >= 0.3 is 6.03 Å². The zero-order valence-corrected chi connectivity index (χ0v) is 15.8. The smallest absolute Gasteiger partial charge is 0.322 e. The van der Waals surface area contributed by atoms with Gasteiger partial charge in [0.05, 0.1) is 19.9 Å². The Morgan fingerprint density at radius 3 is 2.35 bits per heavy atom. The number of methoxy groups -OCH3 is 2. The second kappa shape index (κ2) is 8.99. The molecular formula is C20H26N2O4. The van der Waals surface area contributed by atoms with Crippen LogP contribution in [0.4, 0.5) is 10.5 Å². The first-order chi connectivity index (χ1) is 12.4. The summed E-state index contributed by atoms with van der Waals surface area (Å²) in [6, 6.07) is 12.6. The maximum absolute atomic E-state index is 12.3. The quantitative estimate of drug-likeness (QED) is 0.721. The first kappa shape index (κ1) is 19.4. The Balaban J connectivity index is 2.02. The SMILES string of the molecule is COc1ccc(OC)c(NC(=O)NC(C)Oc2ccccc2C(C)C)c1. The highest BCUT2D eigenvalue weighted by atomic mass is 16.5. The zero-order valence-electron chi connectivity index (χ0n) is 15.8. The normalized spacial score (nSPS) is 11.6. The molecule has 0 aliphatic heterocycles. The summed E-state index contributed by atoms with van der Waals surface area (Å²) in [5.41, 5.74) is 1.61. The summed E-state index contributed by atoms with van der Waals surface area (Å²) in [5, 5.41) is 5.52. The van der Waals surface area contributed by atoms with E-state index >= 15 is 0 Å². The molecule has 2 rings (SSSR count). The van der Waals surface area contributed by atoms with Gasteiger partial charge in [-0.2, -0.15) is 0 Å². The lowest BCUT2D eigenvalue weighted by atomic mass is 10.0. The maximum atomic E-state index is 12.3. The van der Waals surface area contributed by atoms with Crippen LogP contribution in [-0.2, 0) is 0 Å². The molecule has 6 nitrogen and oxygen atoms in total. The molecule has 1 unspecified atom stereocenters. The van der Waals surface area contributed by atoms with E-state index in [0.717, 1.165) is 11.3 Å². The highest BCUT2D eigenvalue weighted by Gasteiger charge is 2.14. The molecule has 6 heteroatoms. The number of hydrogen-bond donors (Lipinski definition) is 2. The third kappa shape index (κ3) is 5.05. The molecule has 0 fully saturated rings. The van der Waals surface area contributed by atoms with Gasteiger partial charge in [-0.05, 0) is 36.6 Å². The largest absolute Gasteiger partial charge is 0.497 e. The van der Waals surface area contributed by atoms with Crippen molar-refractivity contribution >= 4 is 11.7 Å². The molecule has 0 heterocycles. The van der Waals surface area contributed by atoms with Crippen LogP contribution in [0.2, 0.25) is 0 Å². The van der Waals surface area contributed by atoms with Crippen molar-refractivity contribution in [3.8, 4) is 17.2 Å². The van der Waals surface area contributed by atoms with E-state index in [4.69, 9.17) is 14.2 Å². The van der Waals surface area contributed by atoms with Crippen molar-refractivity contribution in [1.29, 1.82) is 0 Å². The number of benzene rings is 2. The van der Waals surface area contributed by atoms with E-state index in [1.54, 1.807) is 39.3 Å². The molecule has 0 saturated heterocycles. The fourth-order valence-electron chi connectivity index (χ4n) is 2.54. The maximum Gasteiger partial charge on any atom is 0.322 e. The predicted molar refractivity (Wildman–Crippen MR) is 102 cm³/mol. The highest BCUT2D eigenvalue weighted by molar-refractivity contribution is 5.91. The molecule has 0 radical (unpaired) electrons. The van der Waals surface area contributed by atoms with Gasteiger partial charge in [0.1, 0.15) is 17.2 Å². The molecule has 2 aromatic carbocycles. The third-order valence-electron chi connectivity index (χ3n) is 3.83. The Kier molecular flexibility index (Phi) is 6.72. The Labute approximate surface area is 154 Å². The van der Waals surface area contributed by atoms with Crippen LogP contribution >= 0.6 is 0 Å². The number of carbonyl (C=O) groups is 1. The first-order valence-electron chi connectivity index (χ1n) is 8.49. The minimum atomic E-state index is -0.508. The third-order valence-corrected chi connectivity index (χ3v) is 3.83. The van der Waals surface area contributed by atoms with Crippen LogP contribution in [0.15, 0.2) is 42.5 Å². The van der Waals surface area contributed by atoms with Gasteiger partial charge in [-0.25, -0.2) is 4.79 Å². The van der Waals surface area contributed by atoms with Crippen LogP contribution in [0.25, 0.3) is 0 Å². The van der Waals surface area contributed by atoms with Crippen molar-refractivity contribution in [2.24, 2.45) is 0 Å². The van der Waals surface area contributed by atoms with E-state index in [1.165, 1.54) is 0 Å². The van der Waals surface area contributed by atoms with Crippen LogP contribution < -0.4 is 24.8 Å². The summed E-state index contributed by atoms with van der Waals surface area (Å²) in [7, 11) is 3.10. The monoisotopic (exact) mass is 358 g/mol. The molecule has 2 N–H and O–H groups in total. The van der Waals surface area contributed by atoms with Gasteiger partial charge in [-0.15, -0.1) is 0 Å². The molecule has 140 valence electrons. The van der Waals surface area contributed by atoms with Crippen molar-refractivity contribution in [3.63, 3.8) is 0 Å². The van der Waals surface area contributed by atoms with Gasteiger partial charge in [0, 0.05) is 6.07 Å². The van der Waals surface area contributed by atoms with E-state index < -0.39 is 12.3 Å². The molecule has 0 spiro atoms.